The summed E-state index contributed by atoms with van der Waals surface area (Å²) in [5.74, 6) is -0.242. The summed E-state index contributed by atoms with van der Waals surface area (Å²) in [5.41, 5.74) is 1.98. The maximum Gasteiger partial charge on any atom is 0.270 e. The first kappa shape index (κ1) is 13.5. The standard InChI is InChI=1S/C16H12ClN3O/c17-13-7-3-1-5-11(13)9-18-16(21)15-12-6-2-4-8-14(12)19-10-20-15/h1-8,10H,9H2,(H,18,21). The summed E-state index contributed by atoms with van der Waals surface area (Å²) in [6.07, 6.45) is 1.40. The molecule has 0 saturated heterocycles. The van der Waals surface area contributed by atoms with E-state index in [0.29, 0.717) is 17.3 Å². The van der Waals surface area contributed by atoms with Crippen molar-refractivity contribution in [3.8, 4) is 0 Å². The van der Waals surface area contributed by atoms with Crippen molar-refractivity contribution < 1.29 is 4.79 Å². The summed E-state index contributed by atoms with van der Waals surface area (Å²) in [6, 6.07) is 14.8. The van der Waals surface area contributed by atoms with Gasteiger partial charge in [-0.15, -0.1) is 0 Å². The van der Waals surface area contributed by atoms with Crippen LogP contribution in [0, 0.1) is 0 Å². The first-order valence-electron chi connectivity index (χ1n) is 6.47. The molecule has 0 aliphatic rings. The molecule has 0 aliphatic carbocycles. The van der Waals surface area contributed by atoms with Gasteiger partial charge in [-0.2, -0.15) is 0 Å². The van der Waals surface area contributed by atoms with Crippen molar-refractivity contribution in [2.75, 3.05) is 0 Å². The first-order valence-corrected chi connectivity index (χ1v) is 6.85. The molecule has 3 rings (SSSR count). The average Bonchev–Trinajstić information content (AvgIpc) is 2.53. The number of aromatic nitrogens is 2. The fourth-order valence-electron chi connectivity index (χ4n) is 2.09. The highest BCUT2D eigenvalue weighted by Crippen LogP contribution is 2.16. The zero-order chi connectivity index (χ0) is 14.7. The normalized spacial score (nSPS) is 10.5. The van der Waals surface area contributed by atoms with Gasteiger partial charge in [0.15, 0.2) is 0 Å². The molecule has 1 amide bonds. The van der Waals surface area contributed by atoms with Crippen LogP contribution in [0.4, 0.5) is 0 Å². The summed E-state index contributed by atoms with van der Waals surface area (Å²) in [5, 5.41) is 4.20. The lowest BCUT2D eigenvalue weighted by Crippen LogP contribution is -2.24. The van der Waals surface area contributed by atoms with Crippen molar-refractivity contribution in [3.63, 3.8) is 0 Å². The van der Waals surface area contributed by atoms with Crippen molar-refractivity contribution >= 4 is 28.4 Å². The third kappa shape index (κ3) is 2.85. The molecule has 104 valence electrons. The Bertz CT molecular complexity index is 799. The van der Waals surface area contributed by atoms with E-state index in [1.165, 1.54) is 6.33 Å². The Balaban J connectivity index is 1.83. The minimum atomic E-state index is -0.242. The van der Waals surface area contributed by atoms with E-state index < -0.39 is 0 Å². The van der Waals surface area contributed by atoms with Crippen molar-refractivity contribution in [2.45, 2.75) is 6.54 Å². The van der Waals surface area contributed by atoms with Crippen molar-refractivity contribution in [1.82, 2.24) is 15.3 Å². The van der Waals surface area contributed by atoms with Crippen LogP contribution in [0.2, 0.25) is 5.02 Å². The summed E-state index contributed by atoms with van der Waals surface area (Å²) in [7, 11) is 0. The van der Waals surface area contributed by atoms with E-state index in [1.807, 2.05) is 42.5 Å². The monoisotopic (exact) mass is 297 g/mol. The largest absolute Gasteiger partial charge is 0.347 e. The van der Waals surface area contributed by atoms with Gasteiger partial charge in [-0.1, -0.05) is 48.0 Å². The molecule has 0 fully saturated rings. The number of amides is 1. The fraction of sp³-hybridized carbons (Fsp3) is 0.0625. The van der Waals surface area contributed by atoms with Crippen LogP contribution in [0.25, 0.3) is 10.9 Å². The van der Waals surface area contributed by atoms with Gasteiger partial charge in [0.25, 0.3) is 5.91 Å². The smallest absolute Gasteiger partial charge is 0.270 e. The molecule has 0 spiro atoms. The number of nitrogens with zero attached hydrogens (tertiary/aromatic N) is 2. The Morgan fingerprint density at radius 1 is 1.05 bits per heavy atom. The SMILES string of the molecule is O=C(NCc1ccccc1Cl)c1ncnc2ccccc12. The van der Waals surface area contributed by atoms with Crippen molar-refractivity contribution in [1.29, 1.82) is 0 Å². The molecule has 1 aromatic heterocycles. The van der Waals surface area contributed by atoms with E-state index in [0.717, 1.165) is 16.5 Å². The number of halogens is 1. The first-order chi connectivity index (χ1) is 10.3. The highest BCUT2D eigenvalue weighted by atomic mass is 35.5. The second kappa shape index (κ2) is 5.89. The second-order valence-corrected chi connectivity index (χ2v) is 4.92. The molecular weight excluding hydrogens is 286 g/mol. The third-order valence-electron chi connectivity index (χ3n) is 3.16. The van der Waals surface area contributed by atoms with Gasteiger partial charge in [0.2, 0.25) is 0 Å². The summed E-state index contributed by atoms with van der Waals surface area (Å²) in [4.78, 5) is 20.5. The van der Waals surface area contributed by atoms with Gasteiger partial charge in [0.05, 0.1) is 5.52 Å². The fourth-order valence-corrected chi connectivity index (χ4v) is 2.29. The number of hydrogen-bond acceptors (Lipinski definition) is 3. The van der Waals surface area contributed by atoms with Crippen LogP contribution in [0.15, 0.2) is 54.9 Å². The van der Waals surface area contributed by atoms with Crippen LogP contribution in [-0.2, 0) is 6.54 Å². The van der Waals surface area contributed by atoms with Crippen LogP contribution in [0.1, 0.15) is 16.1 Å². The van der Waals surface area contributed by atoms with Crippen LogP contribution in [0.5, 0.6) is 0 Å². The van der Waals surface area contributed by atoms with Gasteiger partial charge in [0, 0.05) is 17.0 Å². The van der Waals surface area contributed by atoms with Crippen LogP contribution < -0.4 is 5.32 Å². The lowest BCUT2D eigenvalue weighted by atomic mass is 10.1. The Morgan fingerprint density at radius 3 is 2.67 bits per heavy atom. The molecule has 0 atom stereocenters. The zero-order valence-electron chi connectivity index (χ0n) is 11.1. The Kier molecular flexibility index (Phi) is 3.79. The van der Waals surface area contributed by atoms with E-state index >= 15 is 0 Å². The molecule has 0 bridgehead atoms. The lowest BCUT2D eigenvalue weighted by molar-refractivity contribution is 0.0947. The topological polar surface area (TPSA) is 54.9 Å². The molecule has 3 aromatic rings. The number of nitrogens with one attached hydrogen (secondary N) is 1. The summed E-state index contributed by atoms with van der Waals surface area (Å²) < 4.78 is 0. The van der Waals surface area contributed by atoms with Gasteiger partial charge in [0.1, 0.15) is 12.0 Å². The van der Waals surface area contributed by atoms with E-state index in [9.17, 15) is 4.79 Å². The number of carbonyl (C=O) groups is 1. The third-order valence-corrected chi connectivity index (χ3v) is 3.52. The van der Waals surface area contributed by atoms with E-state index in [-0.39, 0.29) is 5.91 Å². The van der Waals surface area contributed by atoms with Crippen LogP contribution in [-0.4, -0.2) is 15.9 Å². The minimum absolute atomic E-state index is 0.242. The van der Waals surface area contributed by atoms with Crippen molar-refractivity contribution in [2.24, 2.45) is 0 Å². The maximum atomic E-state index is 12.3. The van der Waals surface area contributed by atoms with E-state index in [4.69, 9.17) is 11.6 Å². The molecule has 5 heteroatoms. The highest BCUT2D eigenvalue weighted by Gasteiger charge is 2.12. The zero-order valence-corrected chi connectivity index (χ0v) is 11.8. The number of hydrogen-bond donors (Lipinski definition) is 1. The molecular formula is C16H12ClN3O. The predicted octanol–water partition coefficient (Wildman–Crippen LogP) is 3.21. The molecule has 1 N–H and O–H groups in total. The minimum Gasteiger partial charge on any atom is -0.347 e. The van der Waals surface area contributed by atoms with Gasteiger partial charge >= 0.3 is 0 Å². The van der Waals surface area contributed by atoms with Crippen LogP contribution in [0.3, 0.4) is 0 Å². The molecule has 1 heterocycles. The maximum absolute atomic E-state index is 12.3. The number of benzene rings is 2. The van der Waals surface area contributed by atoms with Crippen LogP contribution >= 0.6 is 11.6 Å². The quantitative estimate of drug-likeness (QED) is 0.807. The van der Waals surface area contributed by atoms with Gasteiger partial charge < -0.3 is 5.32 Å². The Labute approximate surface area is 126 Å². The number of fused-ring (bicyclic) bond motifs is 1. The number of para-hydroxylation sites is 1. The van der Waals surface area contributed by atoms with Crippen molar-refractivity contribution in [3.05, 3.63) is 71.1 Å². The molecule has 0 saturated carbocycles. The molecule has 0 radical (unpaired) electrons. The van der Waals surface area contributed by atoms with Gasteiger partial charge in [-0.3, -0.25) is 4.79 Å². The van der Waals surface area contributed by atoms with Gasteiger partial charge in [-0.25, -0.2) is 9.97 Å². The predicted molar refractivity (Wildman–Crippen MR) is 82.2 cm³/mol. The van der Waals surface area contributed by atoms with Gasteiger partial charge in [-0.05, 0) is 17.7 Å². The Morgan fingerprint density at radius 2 is 1.81 bits per heavy atom. The summed E-state index contributed by atoms with van der Waals surface area (Å²) in [6.45, 7) is 0.358. The number of carbonyl (C=O) groups excluding carboxylic acids is 1. The molecule has 4 nitrogen and oxygen atoms in total. The lowest BCUT2D eigenvalue weighted by Gasteiger charge is -2.08. The number of rotatable bonds is 3. The summed E-state index contributed by atoms with van der Waals surface area (Å²) >= 11 is 6.07. The Hall–Kier alpha value is -2.46. The highest BCUT2D eigenvalue weighted by molar-refractivity contribution is 6.31. The molecule has 0 unspecified atom stereocenters. The molecule has 2 aromatic carbocycles. The van der Waals surface area contributed by atoms with E-state index in [2.05, 4.69) is 15.3 Å². The second-order valence-electron chi connectivity index (χ2n) is 4.51. The average molecular weight is 298 g/mol. The molecule has 0 aliphatic heterocycles. The molecule has 21 heavy (non-hydrogen) atoms. The van der Waals surface area contributed by atoms with E-state index in [1.54, 1.807) is 6.07 Å².